The van der Waals surface area contributed by atoms with E-state index in [9.17, 15) is 9.18 Å². The van der Waals surface area contributed by atoms with E-state index in [1.54, 1.807) is 25.6 Å². The molecule has 2 aromatic heterocycles. The van der Waals surface area contributed by atoms with Gasteiger partial charge in [0.2, 0.25) is 0 Å². The number of carbonyl (C=O) groups is 1. The normalized spacial score (nSPS) is 16.7. The lowest BCUT2D eigenvalue weighted by atomic mass is 10.1. The van der Waals surface area contributed by atoms with Gasteiger partial charge in [-0.2, -0.15) is 0 Å². The van der Waals surface area contributed by atoms with Gasteiger partial charge in [-0.25, -0.2) is 19.2 Å². The number of nitrogens with zero attached hydrogens (tertiary/aromatic N) is 4. The molecule has 0 saturated carbocycles. The largest absolute Gasteiger partial charge is 0.497 e. The summed E-state index contributed by atoms with van der Waals surface area (Å²) in [6.45, 7) is 5.87. The number of fused-ring (bicyclic) bond motifs is 1. The number of hydrogen-bond donors (Lipinski definition) is 2. The third kappa shape index (κ3) is 4.68. The first kappa shape index (κ1) is 23.6. The first-order chi connectivity index (χ1) is 17.4. The Kier molecular flexibility index (Phi) is 6.45. The number of rotatable bonds is 5. The van der Waals surface area contributed by atoms with Crippen LogP contribution >= 0.6 is 0 Å². The molecule has 0 radical (unpaired) electrons. The molecule has 2 amide bonds. The molecule has 2 atom stereocenters. The Bertz CT molecular complexity index is 1370. The molecule has 4 aromatic rings. The minimum absolute atomic E-state index is 0.0169. The number of urea groups is 1. The molecule has 5 rings (SSSR count). The van der Waals surface area contributed by atoms with Gasteiger partial charge in [-0.3, -0.25) is 0 Å². The summed E-state index contributed by atoms with van der Waals surface area (Å²) in [6, 6.07) is 15.8. The van der Waals surface area contributed by atoms with E-state index in [0.717, 1.165) is 39.4 Å². The standard InChI is InChI=1S/C27H29FN6O2/c1-17-15-33(11-12-34(17)27(35)31-18(2)20-5-4-6-22(13-20)36-3)26-23-14-24(32-25(23)29-16-30-26)19-7-9-21(28)10-8-19/h4-10,13-14,16-18H,11-12,15H2,1-3H3,(H,31,35)(H,29,30,32)/t17-,18-/m1/s1. The zero-order valence-corrected chi connectivity index (χ0v) is 20.5. The third-order valence-electron chi connectivity index (χ3n) is 6.68. The predicted molar refractivity (Wildman–Crippen MR) is 138 cm³/mol. The second-order valence-electron chi connectivity index (χ2n) is 9.09. The van der Waals surface area contributed by atoms with Crippen LogP contribution in [0, 0.1) is 5.82 Å². The van der Waals surface area contributed by atoms with Crippen molar-refractivity contribution < 1.29 is 13.9 Å². The van der Waals surface area contributed by atoms with Crippen LogP contribution in [0.3, 0.4) is 0 Å². The summed E-state index contributed by atoms with van der Waals surface area (Å²) in [5.41, 5.74) is 3.44. The average molecular weight is 489 g/mol. The van der Waals surface area contributed by atoms with Crippen LogP contribution < -0.4 is 15.0 Å². The smallest absolute Gasteiger partial charge is 0.318 e. The number of piperazine rings is 1. The number of H-pyrrole nitrogens is 1. The lowest BCUT2D eigenvalue weighted by Gasteiger charge is -2.40. The number of benzene rings is 2. The zero-order valence-electron chi connectivity index (χ0n) is 20.5. The quantitative estimate of drug-likeness (QED) is 0.423. The first-order valence-electron chi connectivity index (χ1n) is 12.0. The molecule has 1 aliphatic rings. The number of halogens is 1. The van der Waals surface area contributed by atoms with Crippen molar-refractivity contribution in [2.24, 2.45) is 0 Å². The van der Waals surface area contributed by atoms with Crippen molar-refractivity contribution in [3.05, 3.63) is 72.3 Å². The number of hydrogen-bond acceptors (Lipinski definition) is 5. The van der Waals surface area contributed by atoms with Gasteiger partial charge in [-0.05, 0) is 67.4 Å². The van der Waals surface area contributed by atoms with Crippen molar-refractivity contribution in [3.63, 3.8) is 0 Å². The van der Waals surface area contributed by atoms with Crippen molar-refractivity contribution in [1.29, 1.82) is 0 Å². The maximum absolute atomic E-state index is 13.3. The molecule has 2 N–H and O–H groups in total. The molecule has 1 fully saturated rings. The van der Waals surface area contributed by atoms with E-state index in [2.05, 4.69) is 25.2 Å². The topological polar surface area (TPSA) is 86.4 Å². The fourth-order valence-electron chi connectivity index (χ4n) is 4.68. The number of amides is 2. The number of anilines is 1. The minimum atomic E-state index is -0.274. The second kappa shape index (κ2) is 9.85. The first-order valence-corrected chi connectivity index (χ1v) is 12.0. The average Bonchev–Trinajstić information content (AvgIpc) is 3.33. The van der Waals surface area contributed by atoms with Gasteiger partial charge in [-0.1, -0.05) is 12.1 Å². The van der Waals surface area contributed by atoms with Crippen molar-refractivity contribution in [2.45, 2.75) is 25.9 Å². The van der Waals surface area contributed by atoms with Crippen molar-refractivity contribution in [3.8, 4) is 17.0 Å². The van der Waals surface area contributed by atoms with Gasteiger partial charge < -0.3 is 24.8 Å². The van der Waals surface area contributed by atoms with Gasteiger partial charge in [0.25, 0.3) is 0 Å². The van der Waals surface area contributed by atoms with E-state index >= 15 is 0 Å². The summed E-state index contributed by atoms with van der Waals surface area (Å²) in [6.07, 6.45) is 1.54. The second-order valence-corrected chi connectivity index (χ2v) is 9.09. The van der Waals surface area contributed by atoms with Crippen LogP contribution in [0.5, 0.6) is 5.75 Å². The van der Waals surface area contributed by atoms with Crippen LogP contribution in [0.15, 0.2) is 60.9 Å². The van der Waals surface area contributed by atoms with Crippen LogP contribution in [-0.4, -0.2) is 58.7 Å². The van der Waals surface area contributed by atoms with E-state index in [4.69, 9.17) is 4.74 Å². The number of methoxy groups -OCH3 is 1. The lowest BCUT2D eigenvalue weighted by molar-refractivity contribution is 0.168. The van der Waals surface area contributed by atoms with Crippen molar-refractivity contribution in [1.82, 2.24) is 25.2 Å². The number of carbonyl (C=O) groups excluding carboxylic acids is 1. The number of aromatic nitrogens is 3. The number of nitrogens with one attached hydrogen (secondary N) is 2. The van der Waals surface area contributed by atoms with Gasteiger partial charge in [0.1, 0.15) is 29.4 Å². The molecule has 2 aromatic carbocycles. The Morgan fingerprint density at radius 2 is 1.97 bits per heavy atom. The molecular formula is C27H29FN6O2. The summed E-state index contributed by atoms with van der Waals surface area (Å²) in [7, 11) is 1.63. The SMILES string of the molecule is COc1cccc([C@@H](C)NC(=O)N2CCN(c3ncnc4[nH]c(-c5ccc(F)cc5)cc34)C[C@H]2C)c1. The van der Waals surface area contributed by atoms with E-state index in [1.165, 1.54) is 12.1 Å². The van der Waals surface area contributed by atoms with E-state index in [0.29, 0.717) is 19.6 Å². The highest BCUT2D eigenvalue weighted by Crippen LogP contribution is 2.30. The van der Waals surface area contributed by atoms with Gasteiger partial charge in [0, 0.05) is 31.4 Å². The van der Waals surface area contributed by atoms with Gasteiger partial charge in [0.05, 0.1) is 18.5 Å². The van der Waals surface area contributed by atoms with Crippen LogP contribution in [0.1, 0.15) is 25.5 Å². The molecule has 0 spiro atoms. The maximum atomic E-state index is 13.3. The maximum Gasteiger partial charge on any atom is 0.318 e. The van der Waals surface area contributed by atoms with Crippen molar-refractivity contribution in [2.75, 3.05) is 31.6 Å². The van der Waals surface area contributed by atoms with Gasteiger partial charge in [-0.15, -0.1) is 0 Å². The van der Waals surface area contributed by atoms with E-state index < -0.39 is 0 Å². The van der Waals surface area contributed by atoms with Crippen molar-refractivity contribution >= 4 is 22.9 Å². The molecule has 0 unspecified atom stereocenters. The highest BCUT2D eigenvalue weighted by atomic mass is 19.1. The predicted octanol–water partition coefficient (Wildman–Crippen LogP) is 4.75. The summed E-state index contributed by atoms with van der Waals surface area (Å²) < 4.78 is 18.7. The monoisotopic (exact) mass is 488 g/mol. The Hall–Kier alpha value is -4.14. The lowest BCUT2D eigenvalue weighted by Crippen LogP contribution is -2.57. The Balaban J connectivity index is 1.29. The molecule has 3 heterocycles. The Morgan fingerprint density at radius 3 is 2.72 bits per heavy atom. The molecule has 1 aliphatic heterocycles. The van der Waals surface area contributed by atoms with E-state index in [1.807, 2.05) is 49.1 Å². The summed E-state index contributed by atoms with van der Waals surface area (Å²) >= 11 is 0. The highest BCUT2D eigenvalue weighted by Gasteiger charge is 2.30. The molecule has 8 nitrogen and oxygen atoms in total. The van der Waals surface area contributed by atoms with Gasteiger partial charge in [0.15, 0.2) is 0 Å². The summed E-state index contributed by atoms with van der Waals surface area (Å²) in [5, 5.41) is 4.01. The van der Waals surface area contributed by atoms with Crippen LogP contribution in [0.2, 0.25) is 0 Å². The fourth-order valence-corrected chi connectivity index (χ4v) is 4.68. The van der Waals surface area contributed by atoms with E-state index in [-0.39, 0.29) is 23.9 Å². The Labute approximate surface area is 209 Å². The number of ether oxygens (including phenoxy) is 1. The van der Waals surface area contributed by atoms with Gasteiger partial charge >= 0.3 is 6.03 Å². The molecule has 36 heavy (non-hydrogen) atoms. The minimum Gasteiger partial charge on any atom is -0.497 e. The number of aromatic amines is 1. The van der Waals surface area contributed by atoms with Crippen LogP contribution in [0.4, 0.5) is 15.0 Å². The molecule has 186 valence electrons. The summed E-state index contributed by atoms with van der Waals surface area (Å²) in [5.74, 6) is 1.31. The zero-order chi connectivity index (χ0) is 25.2. The highest BCUT2D eigenvalue weighted by molar-refractivity contribution is 5.92. The Morgan fingerprint density at radius 1 is 1.17 bits per heavy atom. The fraction of sp³-hybridized carbons (Fsp3) is 0.296. The molecule has 1 saturated heterocycles. The molecule has 0 bridgehead atoms. The summed E-state index contributed by atoms with van der Waals surface area (Å²) in [4.78, 5) is 29.4. The molecule has 0 aliphatic carbocycles. The van der Waals surface area contributed by atoms with Crippen LogP contribution in [0.25, 0.3) is 22.3 Å². The third-order valence-corrected chi connectivity index (χ3v) is 6.68. The molecule has 9 heteroatoms. The van der Waals surface area contributed by atoms with Crippen LogP contribution in [-0.2, 0) is 0 Å². The molecular weight excluding hydrogens is 459 g/mol.